The number of aryl methyl sites for hydroxylation is 1. The first kappa shape index (κ1) is 19.8. The Morgan fingerprint density at radius 2 is 1.61 bits per heavy atom. The van der Waals surface area contributed by atoms with E-state index in [1.807, 2.05) is 72.8 Å². The molecule has 3 aromatic rings. The SMILES string of the molecule is CCc1ccc(NC(=O)CNc2ccc(OCc3ccccc3Cl)cc2)cc1. The van der Waals surface area contributed by atoms with Crippen LogP contribution in [0.15, 0.2) is 72.8 Å². The maximum absolute atomic E-state index is 12.1. The van der Waals surface area contributed by atoms with Crippen LogP contribution in [-0.2, 0) is 17.8 Å². The van der Waals surface area contributed by atoms with Crippen molar-refractivity contribution in [1.82, 2.24) is 0 Å². The average Bonchev–Trinajstić information content (AvgIpc) is 2.73. The molecule has 0 atom stereocenters. The summed E-state index contributed by atoms with van der Waals surface area (Å²) >= 11 is 6.13. The summed E-state index contributed by atoms with van der Waals surface area (Å²) in [5, 5.41) is 6.68. The van der Waals surface area contributed by atoms with E-state index in [2.05, 4.69) is 17.6 Å². The van der Waals surface area contributed by atoms with Crippen LogP contribution < -0.4 is 15.4 Å². The van der Waals surface area contributed by atoms with Crippen LogP contribution >= 0.6 is 11.6 Å². The normalized spacial score (nSPS) is 10.4. The van der Waals surface area contributed by atoms with E-state index in [1.54, 1.807) is 0 Å². The van der Waals surface area contributed by atoms with Gasteiger partial charge in [-0.3, -0.25) is 4.79 Å². The van der Waals surface area contributed by atoms with Crippen molar-refractivity contribution in [2.24, 2.45) is 0 Å². The van der Waals surface area contributed by atoms with E-state index in [0.717, 1.165) is 29.1 Å². The third-order valence-corrected chi connectivity index (χ3v) is 4.67. The highest BCUT2D eigenvalue weighted by atomic mass is 35.5. The number of carbonyl (C=O) groups excluding carboxylic acids is 1. The molecule has 0 saturated carbocycles. The summed E-state index contributed by atoms with van der Waals surface area (Å²) in [6.45, 7) is 2.70. The van der Waals surface area contributed by atoms with E-state index < -0.39 is 0 Å². The summed E-state index contributed by atoms with van der Waals surface area (Å²) in [5.74, 6) is 0.647. The van der Waals surface area contributed by atoms with E-state index in [9.17, 15) is 4.79 Å². The number of amides is 1. The van der Waals surface area contributed by atoms with Gasteiger partial charge < -0.3 is 15.4 Å². The first-order valence-corrected chi connectivity index (χ1v) is 9.61. The van der Waals surface area contributed by atoms with Crippen LogP contribution in [0.1, 0.15) is 18.1 Å². The minimum Gasteiger partial charge on any atom is -0.489 e. The number of carbonyl (C=O) groups is 1. The van der Waals surface area contributed by atoms with Crippen molar-refractivity contribution in [3.05, 3.63) is 88.9 Å². The molecule has 28 heavy (non-hydrogen) atoms. The smallest absolute Gasteiger partial charge is 0.243 e. The Kier molecular flexibility index (Phi) is 6.93. The number of benzene rings is 3. The molecule has 5 heteroatoms. The fourth-order valence-corrected chi connectivity index (χ4v) is 2.85. The van der Waals surface area contributed by atoms with Crippen LogP contribution in [0.4, 0.5) is 11.4 Å². The predicted octanol–water partition coefficient (Wildman–Crippen LogP) is 5.53. The maximum Gasteiger partial charge on any atom is 0.243 e. The maximum atomic E-state index is 12.1. The van der Waals surface area contributed by atoms with E-state index in [1.165, 1.54) is 5.56 Å². The second kappa shape index (κ2) is 9.81. The van der Waals surface area contributed by atoms with Gasteiger partial charge in [0, 0.05) is 22.0 Å². The Balaban J connectivity index is 1.45. The van der Waals surface area contributed by atoms with Gasteiger partial charge in [0.15, 0.2) is 0 Å². The van der Waals surface area contributed by atoms with Crippen molar-refractivity contribution in [3.8, 4) is 5.75 Å². The molecule has 0 heterocycles. The molecule has 4 nitrogen and oxygen atoms in total. The number of nitrogens with one attached hydrogen (secondary N) is 2. The van der Waals surface area contributed by atoms with Gasteiger partial charge in [-0.25, -0.2) is 0 Å². The zero-order valence-electron chi connectivity index (χ0n) is 15.7. The molecule has 0 unspecified atom stereocenters. The zero-order valence-corrected chi connectivity index (χ0v) is 16.5. The highest BCUT2D eigenvalue weighted by molar-refractivity contribution is 6.31. The summed E-state index contributed by atoms with van der Waals surface area (Å²) in [6, 6.07) is 23.0. The summed E-state index contributed by atoms with van der Waals surface area (Å²) < 4.78 is 5.76. The molecule has 0 saturated heterocycles. The number of rotatable bonds is 8. The van der Waals surface area contributed by atoms with Crippen LogP contribution in [-0.4, -0.2) is 12.5 Å². The first-order valence-electron chi connectivity index (χ1n) is 9.23. The Morgan fingerprint density at radius 3 is 2.29 bits per heavy atom. The second-order valence-corrected chi connectivity index (χ2v) is 6.76. The number of hydrogen-bond acceptors (Lipinski definition) is 3. The van der Waals surface area contributed by atoms with Gasteiger partial charge in [0.05, 0.1) is 6.54 Å². The van der Waals surface area contributed by atoms with Gasteiger partial charge in [-0.15, -0.1) is 0 Å². The largest absolute Gasteiger partial charge is 0.489 e. The monoisotopic (exact) mass is 394 g/mol. The van der Waals surface area contributed by atoms with Crippen LogP contribution in [0.25, 0.3) is 0 Å². The van der Waals surface area contributed by atoms with E-state index in [-0.39, 0.29) is 12.5 Å². The summed E-state index contributed by atoms with van der Waals surface area (Å²) in [5.41, 5.74) is 3.83. The number of halogens is 1. The highest BCUT2D eigenvalue weighted by Crippen LogP contribution is 2.20. The second-order valence-electron chi connectivity index (χ2n) is 6.36. The molecular weight excluding hydrogens is 372 g/mol. The van der Waals surface area contributed by atoms with Crippen LogP contribution in [0.3, 0.4) is 0 Å². The van der Waals surface area contributed by atoms with Crippen LogP contribution in [0, 0.1) is 0 Å². The van der Waals surface area contributed by atoms with Crippen molar-refractivity contribution in [1.29, 1.82) is 0 Å². The van der Waals surface area contributed by atoms with Crippen LogP contribution in [0.2, 0.25) is 5.02 Å². The Bertz CT molecular complexity index is 909. The standard InChI is InChI=1S/C23H23ClN2O2/c1-2-17-7-9-20(10-8-17)26-23(27)15-25-19-11-13-21(14-12-19)28-16-18-5-3-4-6-22(18)24/h3-14,25H,2,15-16H2,1H3,(H,26,27). The van der Waals surface area contributed by atoms with Gasteiger partial charge in [0.2, 0.25) is 5.91 Å². The molecule has 0 aromatic heterocycles. The molecular formula is C23H23ClN2O2. The third-order valence-electron chi connectivity index (χ3n) is 4.31. The quantitative estimate of drug-likeness (QED) is 0.528. The molecule has 0 aliphatic heterocycles. The van der Waals surface area contributed by atoms with Crippen molar-refractivity contribution in [2.45, 2.75) is 20.0 Å². The van der Waals surface area contributed by atoms with Crippen molar-refractivity contribution < 1.29 is 9.53 Å². The summed E-state index contributed by atoms with van der Waals surface area (Å²) in [7, 11) is 0. The fourth-order valence-electron chi connectivity index (χ4n) is 2.66. The van der Waals surface area contributed by atoms with Gasteiger partial charge in [0.25, 0.3) is 0 Å². The summed E-state index contributed by atoms with van der Waals surface area (Å²) in [4.78, 5) is 12.1. The van der Waals surface area contributed by atoms with Crippen molar-refractivity contribution >= 4 is 28.9 Å². The highest BCUT2D eigenvalue weighted by Gasteiger charge is 2.04. The Morgan fingerprint density at radius 1 is 0.929 bits per heavy atom. The van der Waals surface area contributed by atoms with Gasteiger partial charge in [-0.1, -0.05) is 48.9 Å². The van der Waals surface area contributed by atoms with E-state index in [0.29, 0.717) is 11.6 Å². The lowest BCUT2D eigenvalue weighted by atomic mass is 10.1. The topological polar surface area (TPSA) is 50.4 Å². The molecule has 144 valence electrons. The zero-order chi connectivity index (χ0) is 19.8. The summed E-state index contributed by atoms with van der Waals surface area (Å²) in [6.07, 6.45) is 0.980. The molecule has 0 bridgehead atoms. The molecule has 0 aliphatic rings. The Hall–Kier alpha value is -2.98. The predicted molar refractivity (Wildman–Crippen MR) is 115 cm³/mol. The minimum atomic E-state index is -0.0942. The molecule has 0 aliphatic carbocycles. The number of ether oxygens (including phenoxy) is 1. The molecule has 3 rings (SSSR count). The first-order chi connectivity index (χ1) is 13.6. The van der Waals surface area contributed by atoms with Gasteiger partial charge in [-0.2, -0.15) is 0 Å². The molecule has 3 aromatic carbocycles. The molecule has 2 N–H and O–H groups in total. The van der Waals surface area contributed by atoms with Crippen molar-refractivity contribution in [3.63, 3.8) is 0 Å². The molecule has 0 spiro atoms. The lowest BCUT2D eigenvalue weighted by molar-refractivity contribution is -0.114. The van der Waals surface area contributed by atoms with E-state index >= 15 is 0 Å². The fraction of sp³-hybridized carbons (Fsp3) is 0.174. The third kappa shape index (κ3) is 5.76. The number of hydrogen-bond donors (Lipinski definition) is 2. The molecule has 0 fully saturated rings. The lowest BCUT2D eigenvalue weighted by Gasteiger charge is -2.10. The van der Waals surface area contributed by atoms with Crippen LogP contribution in [0.5, 0.6) is 5.75 Å². The number of anilines is 2. The molecule has 0 radical (unpaired) electrons. The van der Waals surface area contributed by atoms with Gasteiger partial charge in [0.1, 0.15) is 12.4 Å². The average molecular weight is 395 g/mol. The van der Waals surface area contributed by atoms with E-state index in [4.69, 9.17) is 16.3 Å². The van der Waals surface area contributed by atoms with Crippen molar-refractivity contribution in [2.75, 3.05) is 17.2 Å². The van der Waals surface area contributed by atoms with Gasteiger partial charge >= 0.3 is 0 Å². The minimum absolute atomic E-state index is 0.0942. The lowest BCUT2D eigenvalue weighted by Crippen LogP contribution is -2.21. The Labute approximate surface area is 170 Å². The molecule has 1 amide bonds. The van der Waals surface area contributed by atoms with Gasteiger partial charge in [-0.05, 0) is 54.4 Å².